The van der Waals surface area contributed by atoms with Crippen LogP contribution in [0, 0.1) is 18.3 Å². The molecule has 0 saturated carbocycles. The number of fused-ring (bicyclic) bond motifs is 1. The normalized spacial score (nSPS) is 11.9. The van der Waals surface area contributed by atoms with Crippen LogP contribution in [-0.4, -0.2) is 21.6 Å². The summed E-state index contributed by atoms with van der Waals surface area (Å²) in [6.45, 7) is 3.45. The highest BCUT2D eigenvalue weighted by molar-refractivity contribution is 8.00. The third-order valence-corrected chi connectivity index (χ3v) is 4.76. The van der Waals surface area contributed by atoms with Gasteiger partial charge >= 0.3 is 5.69 Å². The van der Waals surface area contributed by atoms with Gasteiger partial charge in [-0.1, -0.05) is 30.0 Å². The van der Waals surface area contributed by atoms with Crippen LogP contribution >= 0.6 is 11.8 Å². The fraction of sp³-hybridized carbons (Fsp3) is 0.222. The van der Waals surface area contributed by atoms with Gasteiger partial charge in [-0.2, -0.15) is 10.2 Å². The van der Waals surface area contributed by atoms with Crippen molar-refractivity contribution in [2.24, 2.45) is 0 Å². The summed E-state index contributed by atoms with van der Waals surface area (Å²) in [6.07, 6.45) is 0. The van der Waals surface area contributed by atoms with Crippen molar-refractivity contribution in [2.75, 3.05) is 5.75 Å². The molecular weight excluding hydrogens is 352 g/mol. The maximum Gasteiger partial charge on any atom is 0.346 e. The Kier molecular flexibility index (Phi) is 5.09. The molecule has 2 aromatic heterocycles. The van der Waals surface area contributed by atoms with Gasteiger partial charge in [0, 0.05) is 11.1 Å². The monoisotopic (exact) mass is 368 g/mol. The Morgan fingerprint density at radius 2 is 2.23 bits per heavy atom. The largest absolute Gasteiger partial charge is 0.459 e. The molecule has 7 nitrogen and oxygen atoms in total. The fourth-order valence-electron chi connectivity index (χ4n) is 2.50. The van der Waals surface area contributed by atoms with Crippen molar-refractivity contribution in [3.8, 4) is 6.07 Å². The van der Waals surface area contributed by atoms with Crippen LogP contribution in [0.4, 0.5) is 0 Å². The van der Waals surface area contributed by atoms with Gasteiger partial charge in [0.1, 0.15) is 28.0 Å². The fourth-order valence-corrected chi connectivity index (χ4v) is 3.34. The number of para-hydroxylation sites is 1. The minimum Gasteiger partial charge on any atom is -0.459 e. The van der Waals surface area contributed by atoms with Crippen molar-refractivity contribution >= 4 is 28.6 Å². The van der Waals surface area contributed by atoms with Gasteiger partial charge in [-0.15, -0.1) is 0 Å². The first-order chi connectivity index (χ1) is 12.5. The topological polar surface area (TPSA) is 112 Å². The number of hydrogen-bond acceptors (Lipinski definition) is 6. The molecule has 1 unspecified atom stereocenters. The highest BCUT2D eigenvalue weighted by Gasteiger charge is 2.16. The summed E-state index contributed by atoms with van der Waals surface area (Å²) in [5.74, 6) is 0.453. The maximum absolute atomic E-state index is 12.2. The van der Waals surface area contributed by atoms with Crippen LogP contribution in [0.25, 0.3) is 11.0 Å². The molecule has 2 heterocycles. The molecule has 1 atom stereocenters. The Labute approximate surface area is 153 Å². The van der Waals surface area contributed by atoms with Gasteiger partial charge < -0.3 is 14.7 Å². The van der Waals surface area contributed by atoms with Gasteiger partial charge in [-0.3, -0.25) is 4.79 Å². The Morgan fingerprint density at radius 1 is 1.46 bits per heavy atom. The van der Waals surface area contributed by atoms with E-state index in [0.29, 0.717) is 11.5 Å². The first kappa shape index (κ1) is 17.8. The minimum atomic E-state index is -0.542. The van der Waals surface area contributed by atoms with Crippen molar-refractivity contribution in [2.45, 2.75) is 24.9 Å². The van der Waals surface area contributed by atoms with E-state index in [1.807, 2.05) is 43.3 Å². The van der Waals surface area contributed by atoms with Crippen LogP contribution in [0.2, 0.25) is 0 Å². The second-order valence-corrected chi connectivity index (χ2v) is 6.69. The Morgan fingerprint density at radius 3 is 2.96 bits per heavy atom. The quantitative estimate of drug-likeness (QED) is 0.529. The molecule has 3 aromatic rings. The highest BCUT2D eigenvalue weighted by Crippen LogP contribution is 2.24. The van der Waals surface area contributed by atoms with Gasteiger partial charge in [0.25, 0.3) is 0 Å². The summed E-state index contributed by atoms with van der Waals surface area (Å²) in [5.41, 5.74) is 0.929. The number of H-pyrrole nitrogens is 1. The number of furan rings is 1. The molecule has 0 spiro atoms. The number of nitriles is 1. The number of nitrogens with zero attached hydrogens (tertiary/aromatic N) is 2. The second kappa shape index (κ2) is 7.45. The van der Waals surface area contributed by atoms with E-state index in [9.17, 15) is 14.9 Å². The number of carbonyl (C=O) groups is 1. The Bertz CT molecular complexity index is 1030. The third-order valence-electron chi connectivity index (χ3n) is 3.79. The maximum atomic E-state index is 12.2. The average Bonchev–Trinajstić information content (AvgIpc) is 3.04. The summed E-state index contributed by atoms with van der Waals surface area (Å²) < 4.78 is 5.74. The van der Waals surface area contributed by atoms with Gasteiger partial charge in [0.15, 0.2) is 0 Å². The number of aromatic amines is 1. The molecule has 1 aromatic carbocycles. The Hall–Kier alpha value is -3.05. The van der Waals surface area contributed by atoms with Gasteiger partial charge in [0.2, 0.25) is 5.91 Å². The number of aryl methyl sites for hydroxylation is 1. The SMILES string of the molecule is Cc1[nH]c(=O)nc(SCC(=O)NC(C)c2cc3ccccc3o2)c1C#N. The second-order valence-electron chi connectivity index (χ2n) is 5.72. The van der Waals surface area contributed by atoms with Crippen LogP contribution in [0.5, 0.6) is 0 Å². The van der Waals surface area contributed by atoms with E-state index in [1.165, 1.54) is 0 Å². The molecule has 0 aliphatic rings. The van der Waals surface area contributed by atoms with Crippen LogP contribution in [-0.2, 0) is 4.79 Å². The van der Waals surface area contributed by atoms with Crippen LogP contribution in [0.15, 0.2) is 44.6 Å². The molecule has 0 saturated heterocycles. The lowest BCUT2D eigenvalue weighted by atomic mass is 10.2. The standard InChI is InChI=1S/C18H16N4O3S/c1-10-13(8-19)17(22-18(24)21-10)26-9-16(23)20-11(2)15-7-12-5-3-4-6-14(12)25-15/h3-7,11H,9H2,1-2H3,(H,20,23)(H,21,22,24). The molecule has 0 fully saturated rings. The first-order valence-electron chi connectivity index (χ1n) is 7.89. The summed E-state index contributed by atoms with van der Waals surface area (Å²) >= 11 is 1.05. The molecule has 0 radical (unpaired) electrons. The predicted molar refractivity (Wildman–Crippen MR) is 97.8 cm³/mol. The van der Waals surface area contributed by atoms with Crippen LogP contribution < -0.4 is 11.0 Å². The number of carbonyl (C=O) groups excluding carboxylic acids is 1. The molecule has 0 aliphatic heterocycles. The van der Waals surface area contributed by atoms with Crippen molar-refractivity contribution in [3.05, 3.63) is 57.8 Å². The van der Waals surface area contributed by atoms with E-state index in [4.69, 9.17) is 4.42 Å². The van der Waals surface area contributed by atoms with E-state index < -0.39 is 5.69 Å². The molecule has 26 heavy (non-hydrogen) atoms. The lowest BCUT2D eigenvalue weighted by Gasteiger charge is -2.11. The number of nitrogens with one attached hydrogen (secondary N) is 2. The smallest absolute Gasteiger partial charge is 0.346 e. The number of benzene rings is 1. The molecule has 2 N–H and O–H groups in total. The van der Waals surface area contributed by atoms with Crippen molar-refractivity contribution < 1.29 is 9.21 Å². The molecule has 0 aliphatic carbocycles. The van der Waals surface area contributed by atoms with Crippen LogP contribution in [0.1, 0.15) is 30.0 Å². The van der Waals surface area contributed by atoms with Gasteiger partial charge in [0.05, 0.1) is 11.8 Å². The average molecular weight is 368 g/mol. The summed E-state index contributed by atoms with van der Waals surface area (Å²) in [6, 6.07) is 11.2. The highest BCUT2D eigenvalue weighted by atomic mass is 32.2. The molecular formula is C18H16N4O3S. The van der Waals surface area contributed by atoms with E-state index in [2.05, 4.69) is 15.3 Å². The molecule has 8 heteroatoms. The van der Waals surface area contributed by atoms with E-state index in [-0.39, 0.29) is 28.3 Å². The molecule has 0 bridgehead atoms. The summed E-state index contributed by atoms with van der Waals surface area (Å²) in [4.78, 5) is 29.9. The van der Waals surface area contributed by atoms with Crippen molar-refractivity contribution in [3.63, 3.8) is 0 Å². The lowest BCUT2D eigenvalue weighted by Crippen LogP contribution is -2.28. The number of amides is 1. The first-order valence-corrected chi connectivity index (χ1v) is 8.88. The van der Waals surface area contributed by atoms with Gasteiger partial charge in [-0.25, -0.2) is 4.79 Å². The minimum absolute atomic E-state index is 0.0368. The number of aromatic nitrogens is 2. The Balaban J connectivity index is 1.66. The predicted octanol–water partition coefficient (Wildman–Crippen LogP) is 2.67. The van der Waals surface area contributed by atoms with E-state index in [1.54, 1.807) is 6.92 Å². The molecule has 3 rings (SSSR count). The zero-order chi connectivity index (χ0) is 18.7. The molecule has 132 valence electrons. The number of hydrogen-bond donors (Lipinski definition) is 2. The summed E-state index contributed by atoms with van der Waals surface area (Å²) in [7, 11) is 0. The zero-order valence-corrected chi connectivity index (χ0v) is 15.0. The van der Waals surface area contributed by atoms with Crippen molar-refractivity contribution in [1.82, 2.24) is 15.3 Å². The number of rotatable bonds is 5. The van der Waals surface area contributed by atoms with E-state index in [0.717, 1.165) is 22.7 Å². The zero-order valence-electron chi connectivity index (χ0n) is 14.2. The van der Waals surface area contributed by atoms with Crippen molar-refractivity contribution in [1.29, 1.82) is 5.26 Å². The van der Waals surface area contributed by atoms with Gasteiger partial charge in [-0.05, 0) is 26.0 Å². The molecule has 1 amide bonds. The van der Waals surface area contributed by atoms with E-state index >= 15 is 0 Å². The number of thioether (sulfide) groups is 1. The van der Waals surface area contributed by atoms with Crippen LogP contribution in [0.3, 0.4) is 0 Å². The third kappa shape index (κ3) is 3.78. The lowest BCUT2D eigenvalue weighted by molar-refractivity contribution is -0.119. The summed E-state index contributed by atoms with van der Waals surface area (Å²) in [5, 5.41) is 13.2.